The van der Waals surface area contributed by atoms with Gasteiger partial charge in [0.2, 0.25) is 0 Å². The minimum absolute atomic E-state index is 0.00373. The van der Waals surface area contributed by atoms with Crippen LogP contribution in [0.15, 0.2) is 60.8 Å². The standard InChI is InChI=1S/C40H68O4/c1-3-5-7-9-11-13-15-17-19-21-23-26-30-34-38(35-31-27-25-28-32-36-39(41)42)44-40(43)37-33-29-24-22-20-18-16-14-12-10-8-6-4-2/h6,8,12,14-15,17-18,20-21,23,38H,3-5,7,9-11,13,16,19,22,24-37H2,1-2H3,(H,41,42)/b8-6-,14-12-,17-15-,20-18-,23-21-. The Labute approximate surface area is 272 Å². The highest BCUT2D eigenvalue weighted by Gasteiger charge is 2.14. The number of carbonyl (C=O) groups excluding carboxylic acids is 1. The minimum atomic E-state index is -0.713. The van der Waals surface area contributed by atoms with Gasteiger partial charge in [0, 0.05) is 12.8 Å². The Hall–Kier alpha value is -2.36. The molecule has 4 heteroatoms. The van der Waals surface area contributed by atoms with Gasteiger partial charge < -0.3 is 9.84 Å². The number of rotatable bonds is 32. The Balaban J connectivity index is 4.23. The number of hydrogen-bond acceptors (Lipinski definition) is 3. The maximum atomic E-state index is 12.6. The molecule has 0 aliphatic carbocycles. The molecule has 0 aliphatic rings. The molecule has 0 radical (unpaired) electrons. The van der Waals surface area contributed by atoms with Crippen LogP contribution in [0.5, 0.6) is 0 Å². The second-order valence-electron chi connectivity index (χ2n) is 12.0. The molecule has 0 spiro atoms. The summed E-state index contributed by atoms with van der Waals surface area (Å²) in [5.41, 5.74) is 0. The molecule has 0 aliphatic heterocycles. The number of carboxylic acid groups (broad SMARTS) is 1. The predicted octanol–water partition coefficient (Wildman–Crippen LogP) is 12.6. The summed E-state index contributed by atoms with van der Waals surface area (Å²) < 4.78 is 5.95. The van der Waals surface area contributed by atoms with E-state index in [9.17, 15) is 9.59 Å². The third kappa shape index (κ3) is 34.1. The summed E-state index contributed by atoms with van der Waals surface area (Å²) in [6.45, 7) is 4.41. The van der Waals surface area contributed by atoms with E-state index in [2.05, 4.69) is 74.6 Å². The number of aliphatic carboxylic acids is 1. The van der Waals surface area contributed by atoms with Crippen LogP contribution in [-0.4, -0.2) is 23.1 Å². The number of carbonyl (C=O) groups is 2. The molecule has 0 rings (SSSR count). The molecule has 44 heavy (non-hydrogen) atoms. The van der Waals surface area contributed by atoms with E-state index in [0.29, 0.717) is 6.42 Å². The summed E-state index contributed by atoms with van der Waals surface area (Å²) in [6.07, 6.45) is 48.0. The molecule has 0 saturated heterocycles. The molecule has 0 aromatic heterocycles. The fourth-order valence-electron chi connectivity index (χ4n) is 5.06. The Morgan fingerprint density at radius 3 is 1.59 bits per heavy atom. The largest absolute Gasteiger partial charge is 0.481 e. The van der Waals surface area contributed by atoms with E-state index in [1.165, 1.54) is 38.5 Å². The van der Waals surface area contributed by atoms with Crippen LogP contribution in [0.1, 0.15) is 174 Å². The molecule has 0 aromatic rings. The van der Waals surface area contributed by atoms with Crippen molar-refractivity contribution in [1.82, 2.24) is 0 Å². The number of hydrogen-bond donors (Lipinski definition) is 1. The average molecular weight is 613 g/mol. The highest BCUT2D eigenvalue weighted by atomic mass is 16.5. The maximum Gasteiger partial charge on any atom is 0.306 e. The van der Waals surface area contributed by atoms with Gasteiger partial charge in [0.05, 0.1) is 0 Å². The van der Waals surface area contributed by atoms with Crippen molar-refractivity contribution in [3.8, 4) is 0 Å². The number of esters is 1. The first-order valence-electron chi connectivity index (χ1n) is 18.3. The summed E-state index contributed by atoms with van der Waals surface area (Å²) in [6, 6.07) is 0. The van der Waals surface area contributed by atoms with Gasteiger partial charge in [-0.05, 0) is 96.3 Å². The van der Waals surface area contributed by atoms with Crippen molar-refractivity contribution in [3.05, 3.63) is 60.8 Å². The van der Waals surface area contributed by atoms with Crippen molar-refractivity contribution in [2.24, 2.45) is 0 Å². The lowest BCUT2D eigenvalue weighted by atomic mass is 10.0. The van der Waals surface area contributed by atoms with Crippen LogP contribution < -0.4 is 0 Å². The monoisotopic (exact) mass is 613 g/mol. The Morgan fingerprint density at radius 1 is 0.523 bits per heavy atom. The number of allylic oxidation sites excluding steroid dienone is 10. The summed E-state index contributed by atoms with van der Waals surface area (Å²) in [5, 5.41) is 8.80. The van der Waals surface area contributed by atoms with Gasteiger partial charge >= 0.3 is 11.9 Å². The molecule has 1 unspecified atom stereocenters. The van der Waals surface area contributed by atoms with Crippen molar-refractivity contribution in [1.29, 1.82) is 0 Å². The van der Waals surface area contributed by atoms with Crippen LogP contribution in [-0.2, 0) is 14.3 Å². The summed E-state index contributed by atoms with van der Waals surface area (Å²) in [7, 11) is 0. The van der Waals surface area contributed by atoms with Crippen LogP contribution in [0.4, 0.5) is 0 Å². The minimum Gasteiger partial charge on any atom is -0.481 e. The van der Waals surface area contributed by atoms with Crippen molar-refractivity contribution in [2.75, 3.05) is 0 Å². The molecule has 0 bridgehead atoms. The molecule has 4 nitrogen and oxygen atoms in total. The fraction of sp³-hybridized carbons (Fsp3) is 0.700. The summed E-state index contributed by atoms with van der Waals surface area (Å²) in [5.74, 6) is -0.764. The normalized spacial score (nSPS) is 13.0. The second kappa shape index (κ2) is 35.1. The van der Waals surface area contributed by atoms with Crippen molar-refractivity contribution in [3.63, 3.8) is 0 Å². The molecule has 1 atom stereocenters. The lowest BCUT2D eigenvalue weighted by molar-refractivity contribution is -0.150. The van der Waals surface area contributed by atoms with E-state index in [1.807, 2.05) is 0 Å². The molecule has 0 fully saturated rings. The van der Waals surface area contributed by atoms with Crippen molar-refractivity contribution in [2.45, 2.75) is 180 Å². The van der Waals surface area contributed by atoms with Crippen LogP contribution in [0.2, 0.25) is 0 Å². The molecule has 0 aromatic carbocycles. The quantitative estimate of drug-likeness (QED) is 0.0466. The first kappa shape index (κ1) is 41.6. The fourth-order valence-corrected chi connectivity index (χ4v) is 5.06. The first-order chi connectivity index (χ1) is 21.6. The van der Waals surface area contributed by atoms with Crippen LogP contribution in [0.25, 0.3) is 0 Å². The lowest BCUT2D eigenvalue weighted by Gasteiger charge is -2.18. The van der Waals surface area contributed by atoms with E-state index >= 15 is 0 Å². The zero-order chi connectivity index (χ0) is 32.2. The number of ether oxygens (including phenoxy) is 1. The maximum absolute atomic E-state index is 12.6. The zero-order valence-electron chi connectivity index (χ0n) is 28.7. The summed E-state index contributed by atoms with van der Waals surface area (Å²) in [4.78, 5) is 23.3. The molecule has 1 N–H and O–H groups in total. The van der Waals surface area contributed by atoms with Gasteiger partial charge in [-0.1, -0.05) is 126 Å². The van der Waals surface area contributed by atoms with E-state index < -0.39 is 5.97 Å². The van der Waals surface area contributed by atoms with E-state index in [0.717, 1.165) is 109 Å². The van der Waals surface area contributed by atoms with Gasteiger partial charge in [0.1, 0.15) is 6.10 Å². The first-order valence-corrected chi connectivity index (χ1v) is 18.3. The molecule has 0 heterocycles. The zero-order valence-corrected chi connectivity index (χ0v) is 28.7. The second-order valence-corrected chi connectivity index (χ2v) is 12.0. The molecule has 252 valence electrons. The molecular formula is C40H68O4. The van der Waals surface area contributed by atoms with E-state index in [1.54, 1.807) is 0 Å². The number of carboxylic acids is 1. The molecular weight excluding hydrogens is 544 g/mol. The van der Waals surface area contributed by atoms with Gasteiger partial charge in [-0.15, -0.1) is 0 Å². The number of unbranched alkanes of at least 4 members (excludes halogenated alkanes) is 13. The van der Waals surface area contributed by atoms with Gasteiger partial charge in [-0.25, -0.2) is 0 Å². The van der Waals surface area contributed by atoms with Crippen molar-refractivity contribution >= 4 is 11.9 Å². The third-order valence-corrected chi connectivity index (χ3v) is 7.72. The molecule has 0 amide bonds. The lowest BCUT2D eigenvalue weighted by Crippen LogP contribution is -2.18. The summed E-state index contributed by atoms with van der Waals surface area (Å²) >= 11 is 0. The Bertz CT molecular complexity index is 789. The van der Waals surface area contributed by atoms with E-state index in [4.69, 9.17) is 9.84 Å². The Kier molecular flexibility index (Phi) is 33.2. The topological polar surface area (TPSA) is 63.6 Å². The SMILES string of the molecule is CC/C=C\C/C=C\C/C=C\CCCCCC(=O)OC(CCC/C=C\C/C=C\CCCCCCC)CCCCCCCC(=O)O. The third-order valence-electron chi connectivity index (χ3n) is 7.72. The molecule has 0 saturated carbocycles. The van der Waals surface area contributed by atoms with Gasteiger partial charge in [-0.3, -0.25) is 9.59 Å². The van der Waals surface area contributed by atoms with Crippen molar-refractivity contribution < 1.29 is 19.4 Å². The highest BCUT2D eigenvalue weighted by molar-refractivity contribution is 5.69. The highest BCUT2D eigenvalue weighted by Crippen LogP contribution is 2.17. The smallest absolute Gasteiger partial charge is 0.306 e. The predicted molar refractivity (Wildman–Crippen MR) is 190 cm³/mol. The van der Waals surface area contributed by atoms with Gasteiger partial charge in [0.15, 0.2) is 0 Å². The Morgan fingerprint density at radius 2 is 0.977 bits per heavy atom. The van der Waals surface area contributed by atoms with Gasteiger partial charge in [0.25, 0.3) is 0 Å². The van der Waals surface area contributed by atoms with Gasteiger partial charge in [-0.2, -0.15) is 0 Å². The average Bonchev–Trinajstić information content (AvgIpc) is 3.00. The van der Waals surface area contributed by atoms with Crippen LogP contribution in [0, 0.1) is 0 Å². The van der Waals surface area contributed by atoms with Crippen LogP contribution >= 0.6 is 0 Å². The van der Waals surface area contributed by atoms with Crippen LogP contribution in [0.3, 0.4) is 0 Å². The van der Waals surface area contributed by atoms with E-state index in [-0.39, 0.29) is 18.5 Å².